The molecule has 28 heavy (non-hydrogen) atoms. The van der Waals surface area contributed by atoms with Crippen LogP contribution in [-0.4, -0.2) is 28.8 Å². The van der Waals surface area contributed by atoms with E-state index in [1.807, 2.05) is 20.8 Å². The molecule has 2 amide bonds. The van der Waals surface area contributed by atoms with Gasteiger partial charge < -0.3 is 10.2 Å². The number of halogens is 2. The Morgan fingerprint density at radius 2 is 1.86 bits per heavy atom. The lowest BCUT2D eigenvalue weighted by molar-refractivity contribution is -0.137. The highest BCUT2D eigenvalue weighted by Gasteiger charge is 2.34. The number of benzene rings is 1. The highest BCUT2D eigenvalue weighted by Crippen LogP contribution is 2.29. The molecule has 0 bridgehead atoms. The average molecular weight is 405 g/mol. The monoisotopic (exact) mass is 404 g/mol. The molecule has 0 spiro atoms. The fourth-order valence-electron chi connectivity index (χ4n) is 2.30. The molecule has 0 aliphatic rings. The van der Waals surface area contributed by atoms with E-state index in [2.05, 4.69) is 23.1 Å². The van der Waals surface area contributed by atoms with Gasteiger partial charge in [-0.05, 0) is 59.6 Å². The summed E-state index contributed by atoms with van der Waals surface area (Å²) in [5.74, 6) is 6.14. The molecule has 1 aromatic rings. The average Bonchev–Trinajstić information content (AvgIpc) is 2.51. The number of terminal acetylenes is 1. The van der Waals surface area contributed by atoms with E-state index in [0.717, 1.165) is 6.07 Å². The standard InChI is InChI=1S/C22H26ClFN2O2/c1-8-13-26(18(27)11-12-21(2,3)4)19(20(28)25-22(5,6)7)16-10-9-15(24)14-17(16)23/h1,9-10,14,19H,13H2,2-7H3,(H,25,28). The lowest BCUT2D eigenvalue weighted by Crippen LogP contribution is -2.49. The lowest BCUT2D eigenvalue weighted by Gasteiger charge is -2.32. The SMILES string of the molecule is C#CCN(C(=O)C#CC(C)(C)C)C(C(=O)NC(C)(C)C)c1ccc(F)cc1Cl. The molecule has 6 heteroatoms. The predicted molar refractivity (Wildman–Crippen MR) is 110 cm³/mol. The van der Waals surface area contributed by atoms with Crippen molar-refractivity contribution in [3.63, 3.8) is 0 Å². The van der Waals surface area contributed by atoms with Gasteiger partial charge in [-0.25, -0.2) is 4.39 Å². The maximum absolute atomic E-state index is 13.5. The van der Waals surface area contributed by atoms with Crippen molar-refractivity contribution in [3.8, 4) is 24.2 Å². The van der Waals surface area contributed by atoms with Crippen LogP contribution in [0.25, 0.3) is 0 Å². The van der Waals surface area contributed by atoms with Gasteiger partial charge in [-0.1, -0.05) is 29.5 Å². The third kappa shape index (κ3) is 7.25. The van der Waals surface area contributed by atoms with E-state index in [4.69, 9.17) is 18.0 Å². The Hall–Kier alpha value is -2.50. The molecule has 0 fully saturated rings. The van der Waals surface area contributed by atoms with E-state index in [1.165, 1.54) is 17.0 Å². The zero-order chi connectivity index (χ0) is 21.7. The van der Waals surface area contributed by atoms with Crippen molar-refractivity contribution in [2.24, 2.45) is 5.41 Å². The Morgan fingerprint density at radius 3 is 2.32 bits per heavy atom. The lowest BCUT2D eigenvalue weighted by atomic mass is 9.97. The first kappa shape index (κ1) is 23.5. The van der Waals surface area contributed by atoms with Crippen molar-refractivity contribution in [1.29, 1.82) is 0 Å². The Balaban J connectivity index is 3.51. The number of amides is 2. The van der Waals surface area contributed by atoms with Crippen molar-refractivity contribution < 1.29 is 14.0 Å². The largest absolute Gasteiger partial charge is 0.349 e. The Kier molecular flexibility index (Phi) is 7.67. The van der Waals surface area contributed by atoms with Gasteiger partial charge in [0, 0.05) is 21.5 Å². The maximum atomic E-state index is 13.5. The fourth-order valence-corrected chi connectivity index (χ4v) is 2.57. The van der Waals surface area contributed by atoms with Crippen LogP contribution in [0, 0.1) is 35.4 Å². The van der Waals surface area contributed by atoms with Crippen LogP contribution >= 0.6 is 11.6 Å². The molecule has 4 nitrogen and oxygen atoms in total. The number of nitrogens with zero attached hydrogens (tertiary/aromatic N) is 1. The quantitative estimate of drug-likeness (QED) is 0.772. The number of hydrogen-bond donors (Lipinski definition) is 1. The summed E-state index contributed by atoms with van der Waals surface area (Å²) >= 11 is 6.19. The van der Waals surface area contributed by atoms with Crippen LogP contribution in [0.5, 0.6) is 0 Å². The van der Waals surface area contributed by atoms with Crippen molar-refractivity contribution in [2.45, 2.75) is 53.1 Å². The molecule has 0 saturated heterocycles. The number of hydrogen-bond acceptors (Lipinski definition) is 2. The second-order valence-corrected chi connectivity index (χ2v) is 8.85. The molecule has 1 aromatic carbocycles. The summed E-state index contributed by atoms with van der Waals surface area (Å²) in [6.07, 6.45) is 5.44. The van der Waals surface area contributed by atoms with Gasteiger partial charge in [0.1, 0.15) is 11.9 Å². The summed E-state index contributed by atoms with van der Waals surface area (Å²) in [6, 6.07) is 2.49. The first-order chi connectivity index (χ1) is 12.7. The molecule has 1 unspecified atom stereocenters. The van der Waals surface area contributed by atoms with E-state index < -0.39 is 34.6 Å². The topological polar surface area (TPSA) is 49.4 Å². The minimum absolute atomic E-state index is 0.0210. The second-order valence-electron chi connectivity index (χ2n) is 8.44. The predicted octanol–water partition coefficient (Wildman–Crippen LogP) is 3.95. The molecule has 1 rings (SSSR count). The molecule has 1 atom stereocenters. The minimum atomic E-state index is -1.15. The number of nitrogens with one attached hydrogen (secondary N) is 1. The molecule has 0 heterocycles. The minimum Gasteiger partial charge on any atom is -0.349 e. The van der Waals surface area contributed by atoms with Crippen molar-refractivity contribution >= 4 is 23.4 Å². The molecule has 0 radical (unpaired) electrons. The zero-order valence-electron chi connectivity index (χ0n) is 17.1. The van der Waals surface area contributed by atoms with Gasteiger partial charge in [0.05, 0.1) is 6.54 Å². The molecular formula is C22H26ClFN2O2. The van der Waals surface area contributed by atoms with Crippen LogP contribution in [0.4, 0.5) is 4.39 Å². The summed E-state index contributed by atoms with van der Waals surface area (Å²) in [4.78, 5) is 27.0. The Morgan fingerprint density at radius 1 is 1.25 bits per heavy atom. The van der Waals surface area contributed by atoms with Gasteiger partial charge in [0.15, 0.2) is 0 Å². The van der Waals surface area contributed by atoms with Gasteiger partial charge in [-0.3, -0.25) is 9.59 Å². The van der Waals surface area contributed by atoms with Gasteiger partial charge in [0.25, 0.3) is 5.91 Å². The summed E-state index contributed by atoms with van der Waals surface area (Å²) in [7, 11) is 0. The van der Waals surface area contributed by atoms with E-state index in [9.17, 15) is 14.0 Å². The van der Waals surface area contributed by atoms with Gasteiger partial charge in [-0.15, -0.1) is 6.42 Å². The summed E-state index contributed by atoms with van der Waals surface area (Å²) < 4.78 is 13.5. The van der Waals surface area contributed by atoms with Crippen LogP contribution < -0.4 is 5.32 Å². The van der Waals surface area contributed by atoms with Crippen LogP contribution in [0.3, 0.4) is 0 Å². The van der Waals surface area contributed by atoms with Crippen LogP contribution in [0.1, 0.15) is 53.1 Å². The number of rotatable bonds is 4. The third-order valence-corrected chi connectivity index (χ3v) is 3.71. The number of carbonyl (C=O) groups excluding carboxylic acids is 2. The third-order valence-electron chi connectivity index (χ3n) is 3.38. The summed E-state index contributed by atoms with van der Waals surface area (Å²) in [6.45, 7) is 10.8. The molecule has 1 N–H and O–H groups in total. The molecule has 0 saturated carbocycles. The smallest absolute Gasteiger partial charge is 0.300 e. The van der Waals surface area contributed by atoms with Crippen molar-refractivity contribution in [2.75, 3.05) is 6.54 Å². The molecule has 150 valence electrons. The second kappa shape index (κ2) is 9.13. The molecule has 0 aliphatic heterocycles. The van der Waals surface area contributed by atoms with Gasteiger partial charge in [-0.2, -0.15) is 0 Å². The zero-order valence-corrected chi connectivity index (χ0v) is 17.9. The van der Waals surface area contributed by atoms with E-state index in [-0.39, 0.29) is 17.1 Å². The fraction of sp³-hybridized carbons (Fsp3) is 0.455. The van der Waals surface area contributed by atoms with Gasteiger partial charge in [0.2, 0.25) is 5.91 Å². The summed E-state index contributed by atoms with van der Waals surface area (Å²) in [5, 5.41) is 2.84. The molecular weight excluding hydrogens is 379 g/mol. The van der Waals surface area contributed by atoms with Crippen molar-refractivity contribution in [1.82, 2.24) is 10.2 Å². The normalized spacial score (nSPS) is 12.2. The first-order valence-electron chi connectivity index (χ1n) is 8.79. The summed E-state index contributed by atoms with van der Waals surface area (Å²) in [5.41, 5.74) is -0.705. The first-order valence-corrected chi connectivity index (χ1v) is 9.17. The van der Waals surface area contributed by atoms with Crippen molar-refractivity contribution in [3.05, 3.63) is 34.6 Å². The highest BCUT2D eigenvalue weighted by molar-refractivity contribution is 6.31. The molecule has 0 aromatic heterocycles. The van der Waals surface area contributed by atoms with E-state index in [1.54, 1.807) is 20.8 Å². The van der Waals surface area contributed by atoms with Gasteiger partial charge >= 0.3 is 0 Å². The van der Waals surface area contributed by atoms with Crippen LogP contribution in [-0.2, 0) is 9.59 Å². The number of carbonyl (C=O) groups is 2. The highest BCUT2D eigenvalue weighted by atomic mass is 35.5. The van der Waals surface area contributed by atoms with Crippen LogP contribution in [0.15, 0.2) is 18.2 Å². The maximum Gasteiger partial charge on any atom is 0.300 e. The Labute approximate surface area is 171 Å². The van der Waals surface area contributed by atoms with Crippen LogP contribution in [0.2, 0.25) is 5.02 Å². The van der Waals surface area contributed by atoms with E-state index >= 15 is 0 Å². The Bertz CT molecular complexity index is 848. The van der Waals surface area contributed by atoms with E-state index in [0.29, 0.717) is 0 Å². The molecule has 0 aliphatic carbocycles.